The van der Waals surface area contributed by atoms with Crippen LogP contribution in [0.25, 0.3) is 0 Å². The minimum Gasteiger partial charge on any atom is -0.481 e. The molecule has 2 aliphatic carbocycles. The first-order valence-electron chi connectivity index (χ1n) is 8.91. The molecule has 1 aromatic carbocycles. The van der Waals surface area contributed by atoms with Crippen molar-refractivity contribution in [3.8, 4) is 0 Å². The van der Waals surface area contributed by atoms with Crippen LogP contribution >= 0.6 is 0 Å². The Morgan fingerprint density at radius 1 is 1.20 bits per heavy atom. The topological polar surface area (TPSA) is 83.5 Å². The van der Waals surface area contributed by atoms with Crippen molar-refractivity contribution in [1.82, 2.24) is 4.72 Å². The highest BCUT2D eigenvalue weighted by Gasteiger charge is 2.53. The van der Waals surface area contributed by atoms with E-state index in [0.717, 1.165) is 19.3 Å². The van der Waals surface area contributed by atoms with Gasteiger partial charge in [-0.05, 0) is 62.0 Å². The molecule has 0 heterocycles. The lowest BCUT2D eigenvalue weighted by Gasteiger charge is -2.22. The number of hydrogen-bond acceptors (Lipinski definition) is 3. The molecule has 4 atom stereocenters. The van der Waals surface area contributed by atoms with Crippen molar-refractivity contribution < 1.29 is 18.3 Å². The van der Waals surface area contributed by atoms with Gasteiger partial charge in [0, 0.05) is 12.5 Å². The van der Waals surface area contributed by atoms with E-state index >= 15 is 0 Å². The molecule has 136 valence electrons. The van der Waals surface area contributed by atoms with E-state index in [1.165, 1.54) is 6.42 Å². The first-order chi connectivity index (χ1) is 12.0. The maximum atomic E-state index is 12.5. The van der Waals surface area contributed by atoms with Gasteiger partial charge in [0.05, 0.1) is 4.90 Å². The second-order valence-corrected chi connectivity index (χ2v) is 8.81. The van der Waals surface area contributed by atoms with Gasteiger partial charge in [0.15, 0.2) is 0 Å². The van der Waals surface area contributed by atoms with Crippen molar-refractivity contribution in [2.45, 2.75) is 49.5 Å². The zero-order chi connectivity index (χ0) is 17.9. The van der Waals surface area contributed by atoms with E-state index < -0.39 is 16.0 Å². The van der Waals surface area contributed by atoms with Gasteiger partial charge in [-0.2, -0.15) is 0 Å². The Balaban J connectivity index is 1.55. The predicted molar refractivity (Wildman–Crippen MR) is 95.5 cm³/mol. The van der Waals surface area contributed by atoms with Crippen LogP contribution in [0.15, 0.2) is 47.4 Å². The Hall–Kier alpha value is -1.66. The van der Waals surface area contributed by atoms with Crippen LogP contribution in [-0.2, 0) is 14.8 Å². The normalized spacial score (nSPS) is 28.2. The van der Waals surface area contributed by atoms with Crippen LogP contribution < -0.4 is 4.72 Å². The highest BCUT2D eigenvalue weighted by atomic mass is 32.2. The van der Waals surface area contributed by atoms with Crippen LogP contribution in [-0.4, -0.2) is 25.5 Å². The van der Waals surface area contributed by atoms with Crippen LogP contribution in [0, 0.1) is 17.8 Å². The van der Waals surface area contributed by atoms with Crippen molar-refractivity contribution in [3.05, 3.63) is 42.5 Å². The standard InChI is InChI=1S/C19H25NO4S/c21-19(22)11-7-2-1-6-10-16-17-12-14(17)13-18(16)20-25(23,24)15-8-4-3-5-9-15/h1,3-6,8-9,14,16-18,20H,2,7,10-13H2,(H,21,22)/t14-,16-,17-,18-/m0/s1. The minimum absolute atomic E-state index is 0.00220. The zero-order valence-electron chi connectivity index (χ0n) is 14.2. The van der Waals surface area contributed by atoms with E-state index in [9.17, 15) is 13.2 Å². The number of carboxylic acids is 1. The fourth-order valence-corrected chi connectivity index (χ4v) is 5.27. The van der Waals surface area contributed by atoms with Crippen molar-refractivity contribution in [2.24, 2.45) is 17.8 Å². The Morgan fingerprint density at radius 3 is 2.68 bits per heavy atom. The fourth-order valence-electron chi connectivity index (χ4n) is 3.95. The van der Waals surface area contributed by atoms with Gasteiger partial charge in [0.2, 0.25) is 10.0 Å². The first-order valence-corrected chi connectivity index (χ1v) is 10.4. The summed E-state index contributed by atoms with van der Waals surface area (Å²) in [5, 5.41) is 8.63. The lowest BCUT2D eigenvalue weighted by molar-refractivity contribution is -0.137. The zero-order valence-corrected chi connectivity index (χ0v) is 15.0. The lowest BCUT2D eigenvalue weighted by atomic mass is 9.95. The van der Waals surface area contributed by atoms with Gasteiger partial charge in [0.25, 0.3) is 0 Å². The molecule has 5 nitrogen and oxygen atoms in total. The van der Waals surface area contributed by atoms with Gasteiger partial charge in [-0.25, -0.2) is 13.1 Å². The number of allylic oxidation sites excluding steroid dienone is 2. The van der Waals surface area contributed by atoms with E-state index in [4.69, 9.17) is 5.11 Å². The third-order valence-corrected chi connectivity index (χ3v) is 6.80. The SMILES string of the molecule is O=C(O)CCCC=CC[C@H]1[C@H]2C[C@H]2C[C@@H]1NS(=O)(=O)c1ccccc1. The number of fused-ring (bicyclic) bond motifs is 1. The summed E-state index contributed by atoms with van der Waals surface area (Å²) in [5.74, 6) is 0.876. The number of carboxylic acid groups (broad SMARTS) is 1. The van der Waals surface area contributed by atoms with Crippen LogP contribution in [0.3, 0.4) is 0 Å². The number of rotatable bonds is 9. The van der Waals surface area contributed by atoms with Gasteiger partial charge in [0.1, 0.15) is 0 Å². The van der Waals surface area contributed by atoms with E-state index in [2.05, 4.69) is 10.8 Å². The minimum atomic E-state index is -3.47. The molecule has 0 amide bonds. The summed E-state index contributed by atoms with van der Waals surface area (Å²) in [7, 11) is -3.47. The summed E-state index contributed by atoms with van der Waals surface area (Å²) >= 11 is 0. The lowest BCUT2D eigenvalue weighted by Crippen LogP contribution is -2.38. The molecule has 2 fully saturated rings. The first kappa shape index (κ1) is 18.1. The molecule has 0 bridgehead atoms. The summed E-state index contributed by atoms with van der Waals surface area (Å²) in [6, 6.07) is 8.51. The molecular formula is C19H25NO4S. The number of hydrogen-bond donors (Lipinski definition) is 2. The Kier molecular flexibility index (Phi) is 5.59. The Bertz CT molecular complexity index is 729. The average Bonchev–Trinajstić information content (AvgIpc) is 3.25. The predicted octanol–water partition coefficient (Wildman–Crippen LogP) is 3.19. The van der Waals surface area contributed by atoms with Gasteiger partial charge in [-0.1, -0.05) is 30.4 Å². The number of benzene rings is 1. The summed E-state index contributed by atoms with van der Waals surface area (Å²) in [4.78, 5) is 10.8. The van der Waals surface area contributed by atoms with E-state index in [1.807, 2.05) is 12.1 Å². The maximum Gasteiger partial charge on any atom is 0.303 e. The van der Waals surface area contributed by atoms with Crippen LogP contribution in [0.4, 0.5) is 0 Å². The number of aliphatic carboxylic acids is 1. The summed E-state index contributed by atoms with van der Waals surface area (Å²) in [6.07, 6.45) is 8.71. The van der Waals surface area contributed by atoms with Crippen molar-refractivity contribution >= 4 is 16.0 Å². The molecule has 1 aromatic rings. The molecule has 2 N–H and O–H groups in total. The molecule has 0 unspecified atom stereocenters. The molecule has 0 aliphatic heterocycles. The van der Waals surface area contributed by atoms with Crippen molar-refractivity contribution in [1.29, 1.82) is 0 Å². The van der Waals surface area contributed by atoms with Crippen molar-refractivity contribution in [2.75, 3.05) is 0 Å². The largest absolute Gasteiger partial charge is 0.481 e. The molecule has 2 aliphatic rings. The molecular weight excluding hydrogens is 338 g/mol. The molecule has 0 spiro atoms. The van der Waals surface area contributed by atoms with E-state index in [0.29, 0.717) is 29.1 Å². The highest BCUT2D eigenvalue weighted by Crippen LogP contribution is 2.56. The molecule has 0 radical (unpaired) electrons. The van der Waals surface area contributed by atoms with Gasteiger partial charge >= 0.3 is 5.97 Å². The van der Waals surface area contributed by atoms with Gasteiger partial charge in [-0.3, -0.25) is 4.79 Å². The maximum absolute atomic E-state index is 12.5. The summed E-state index contributed by atoms with van der Waals surface area (Å²) in [6.45, 7) is 0. The summed E-state index contributed by atoms with van der Waals surface area (Å²) < 4.78 is 28.0. The third kappa shape index (κ3) is 4.70. The fraction of sp³-hybridized carbons (Fsp3) is 0.526. The quantitative estimate of drug-likeness (QED) is 0.521. The molecule has 0 saturated heterocycles. The van der Waals surface area contributed by atoms with Crippen molar-refractivity contribution in [3.63, 3.8) is 0 Å². The van der Waals surface area contributed by atoms with Gasteiger partial charge in [-0.15, -0.1) is 0 Å². The summed E-state index contributed by atoms with van der Waals surface area (Å²) in [5.41, 5.74) is 0. The van der Waals surface area contributed by atoms with Crippen LogP contribution in [0.2, 0.25) is 0 Å². The molecule has 2 saturated carbocycles. The number of carbonyl (C=O) groups is 1. The molecule has 25 heavy (non-hydrogen) atoms. The van der Waals surface area contributed by atoms with E-state index in [1.54, 1.807) is 24.3 Å². The Morgan fingerprint density at radius 2 is 1.96 bits per heavy atom. The molecule has 6 heteroatoms. The van der Waals surface area contributed by atoms with Gasteiger partial charge < -0.3 is 5.11 Å². The molecule has 3 rings (SSSR count). The number of nitrogens with one attached hydrogen (secondary N) is 1. The highest BCUT2D eigenvalue weighted by molar-refractivity contribution is 7.89. The smallest absolute Gasteiger partial charge is 0.303 e. The van der Waals surface area contributed by atoms with Crippen LogP contribution in [0.1, 0.15) is 38.5 Å². The van der Waals surface area contributed by atoms with Crippen LogP contribution in [0.5, 0.6) is 0 Å². The third-order valence-electron chi connectivity index (χ3n) is 5.30. The Labute approximate surface area is 149 Å². The second-order valence-electron chi connectivity index (χ2n) is 7.09. The van der Waals surface area contributed by atoms with E-state index in [-0.39, 0.29) is 12.5 Å². The monoisotopic (exact) mass is 363 g/mol. The number of sulfonamides is 1. The second kappa shape index (κ2) is 7.70. The number of unbranched alkanes of at least 4 members (excludes halogenated alkanes) is 1. The average molecular weight is 363 g/mol. The molecule has 0 aromatic heterocycles.